The Balaban J connectivity index is 1.87. The maximum atomic E-state index is 4.04. The topological polar surface area (TPSA) is 24.9 Å². The largest absolute Gasteiger partial charge is 0.304 e. The van der Waals surface area contributed by atoms with Gasteiger partial charge in [-0.15, -0.1) is 22.7 Å². The van der Waals surface area contributed by atoms with Gasteiger partial charge in [-0.2, -0.15) is 0 Å². The number of thiazole rings is 1. The number of rotatable bonds is 4. The third kappa shape index (κ3) is 2.41. The molecule has 0 spiro atoms. The SMILES string of the molecule is C[C@@H](NCc1cncs1)c1cccs1. The first kappa shape index (κ1) is 9.83. The Labute approximate surface area is 91.6 Å². The van der Waals surface area contributed by atoms with E-state index in [1.807, 2.05) is 11.7 Å². The number of nitrogens with zero attached hydrogens (tertiary/aromatic N) is 1. The van der Waals surface area contributed by atoms with Crippen molar-refractivity contribution in [2.24, 2.45) is 0 Å². The van der Waals surface area contributed by atoms with Crippen molar-refractivity contribution in [3.05, 3.63) is 39.0 Å². The summed E-state index contributed by atoms with van der Waals surface area (Å²) >= 11 is 3.49. The molecule has 2 aromatic heterocycles. The highest BCUT2D eigenvalue weighted by Crippen LogP contribution is 2.18. The second-order valence-electron chi connectivity index (χ2n) is 3.09. The van der Waals surface area contributed by atoms with E-state index in [9.17, 15) is 0 Å². The van der Waals surface area contributed by atoms with E-state index in [0.717, 1.165) is 6.54 Å². The molecule has 0 aliphatic heterocycles. The van der Waals surface area contributed by atoms with Crippen LogP contribution < -0.4 is 5.32 Å². The zero-order valence-corrected chi connectivity index (χ0v) is 9.57. The summed E-state index contributed by atoms with van der Waals surface area (Å²) in [6.45, 7) is 3.09. The lowest BCUT2D eigenvalue weighted by Gasteiger charge is -2.10. The highest BCUT2D eigenvalue weighted by molar-refractivity contribution is 7.10. The average Bonchev–Trinajstić information content (AvgIpc) is 2.87. The monoisotopic (exact) mass is 224 g/mol. The van der Waals surface area contributed by atoms with Gasteiger partial charge >= 0.3 is 0 Å². The third-order valence-electron chi connectivity index (χ3n) is 2.04. The zero-order valence-electron chi connectivity index (χ0n) is 7.93. The Bertz CT molecular complexity index is 353. The molecule has 1 atom stereocenters. The van der Waals surface area contributed by atoms with Crippen LogP contribution in [0.4, 0.5) is 0 Å². The van der Waals surface area contributed by atoms with E-state index in [-0.39, 0.29) is 0 Å². The van der Waals surface area contributed by atoms with E-state index in [1.54, 1.807) is 22.7 Å². The van der Waals surface area contributed by atoms with Gasteiger partial charge in [0.1, 0.15) is 0 Å². The van der Waals surface area contributed by atoms with Crippen LogP contribution in [0.25, 0.3) is 0 Å². The average molecular weight is 224 g/mol. The van der Waals surface area contributed by atoms with Crippen molar-refractivity contribution in [1.29, 1.82) is 0 Å². The maximum absolute atomic E-state index is 4.04. The summed E-state index contributed by atoms with van der Waals surface area (Å²) < 4.78 is 0. The Kier molecular flexibility index (Phi) is 3.29. The Morgan fingerprint density at radius 1 is 1.50 bits per heavy atom. The quantitative estimate of drug-likeness (QED) is 0.863. The first-order valence-corrected chi connectivity index (χ1v) is 6.26. The van der Waals surface area contributed by atoms with E-state index in [1.165, 1.54) is 9.75 Å². The minimum absolute atomic E-state index is 0.428. The van der Waals surface area contributed by atoms with Crippen molar-refractivity contribution in [1.82, 2.24) is 10.3 Å². The van der Waals surface area contributed by atoms with Gasteiger partial charge in [0, 0.05) is 28.5 Å². The molecule has 0 aromatic carbocycles. The van der Waals surface area contributed by atoms with Crippen molar-refractivity contribution in [3.63, 3.8) is 0 Å². The fourth-order valence-electron chi connectivity index (χ4n) is 1.22. The molecule has 0 bridgehead atoms. The van der Waals surface area contributed by atoms with Gasteiger partial charge in [-0.05, 0) is 18.4 Å². The molecule has 2 heterocycles. The molecular formula is C10H12N2S2. The van der Waals surface area contributed by atoms with Crippen LogP contribution in [0.1, 0.15) is 22.7 Å². The van der Waals surface area contributed by atoms with E-state index in [0.29, 0.717) is 6.04 Å². The molecule has 14 heavy (non-hydrogen) atoms. The van der Waals surface area contributed by atoms with Crippen molar-refractivity contribution < 1.29 is 0 Å². The molecule has 2 nitrogen and oxygen atoms in total. The van der Waals surface area contributed by atoms with Crippen LogP contribution in [0.2, 0.25) is 0 Å². The van der Waals surface area contributed by atoms with E-state index in [2.05, 4.69) is 34.7 Å². The molecule has 0 saturated carbocycles. The van der Waals surface area contributed by atoms with E-state index >= 15 is 0 Å². The number of hydrogen-bond acceptors (Lipinski definition) is 4. The molecule has 0 amide bonds. The van der Waals surface area contributed by atoms with Crippen LogP contribution >= 0.6 is 22.7 Å². The lowest BCUT2D eigenvalue weighted by molar-refractivity contribution is 0.587. The molecule has 74 valence electrons. The number of hydrogen-bond donors (Lipinski definition) is 1. The van der Waals surface area contributed by atoms with Gasteiger partial charge in [-0.3, -0.25) is 4.98 Å². The lowest BCUT2D eigenvalue weighted by atomic mass is 10.3. The summed E-state index contributed by atoms with van der Waals surface area (Å²) in [6, 6.07) is 4.68. The minimum atomic E-state index is 0.428. The number of nitrogens with one attached hydrogen (secondary N) is 1. The number of aromatic nitrogens is 1. The van der Waals surface area contributed by atoms with Gasteiger partial charge in [-0.1, -0.05) is 6.07 Å². The summed E-state index contributed by atoms with van der Waals surface area (Å²) in [5.41, 5.74) is 1.87. The Morgan fingerprint density at radius 2 is 2.43 bits per heavy atom. The normalized spacial score (nSPS) is 12.9. The van der Waals surface area contributed by atoms with Crippen LogP contribution in [0.5, 0.6) is 0 Å². The van der Waals surface area contributed by atoms with Gasteiger partial charge < -0.3 is 5.32 Å². The predicted octanol–water partition coefficient (Wildman–Crippen LogP) is 3.06. The molecule has 0 unspecified atom stereocenters. The van der Waals surface area contributed by atoms with Crippen LogP contribution in [0, 0.1) is 0 Å². The molecule has 0 aliphatic rings. The molecule has 2 aromatic rings. The van der Waals surface area contributed by atoms with E-state index in [4.69, 9.17) is 0 Å². The van der Waals surface area contributed by atoms with E-state index < -0.39 is 0 Å². The first-order valence-electron chi connectivity index (χ1n) is 4.50. The van der Waals surface area contributed by atoms with Gasteiger partial charge in [-0.25, -0.2) is 0 Å². The molecule has 0 saturated heterocycles. The Hall–Kier alpha value is -0.710. The molecule has 1 N–H and O–H groups in total. The fraction of sp³-hybridized carbons (Fsp3) is 0.300. The van der Waals surface area contributed by atoms with Crippen LogP contribution in [0.3, 0.4) is 0 Å². The number of thiophene rings is 1. The van der Waals surface area contributed by atoms with Crippen molar-refractivity contribution >= 4 is 22.7 Å². The highest BCUT2D eigenvalue weighted by Gasteiger charge is 2.05. The molecule has 0 fully saturated rings. The molecule has 0 aliphatic carbocycles. The van der Waals surface area contributed by atoms with Crippen LogP contribution in [-0.4, -0.2) is 4.98 Å². The van der Waals surface area contributed by atoms with Crippen molar-refractivity contribution in [2.75, 3.05) is 0 Å². The molecule has 0 radical (unpaired) electrons. The minimum Gasteiger partial charge on any atom is -0.304 e. The van der Waals surface area contributed by atoms with Gasteiger partial charge in [0.25, 0.3) is 0 Å². The zero-order chi connectivity index (χ0) is 9.80. The second-order valence-corrected chi connectivity index (χ2v) is 5.04. The van der Waals surface area contributed by atoms with Crippen molar-refractivity contribution in [3.8, 4) is 0 Å². The summed E-state index contributed by atoms with van der Waals surface area (Å²) in [5, 5.41) is 5.58. The fourth-order valence-corrected chi connectivity index (χ4v) is 2.53. The summed E-state index contributed by atoms with van der Waals surface area (Å²) in [7, 11) is 0. The second kappa shape index (κ2) is 4.68. The highest BCUT2D eigenvalue weighted by atomic mass is 32.1. The molecular weight excluding hydrogens is 212 g/mol. The predicted molar refractivity (Wildman–Crippen MR) is 61.7 cm³/mol. The molecule has 4 heteroatoms. The summed E-state index contributed by atoms with van der Waals surface area (Å²) in [5.74, 6) is 0. The summed E-state index contributed by atoms with van der Waals surface area (Å²) in [4.78, 5) is 6.71. The Morgan fingerprint density at radius 3 is 3.07 bits per heavy atom. The first-order chi connectivity index (χ1) is 6.86. The smallest absolute Gasteiger partial charge is 0.0794 e. The van der Waals surface area contributed by atoms with Gasteiger partial charge in [0.05, 0.1) is 5.51 Å². The van der Waals surface area contributed by atoms with Crippen LogP contribution in [-0.2, 0) is 6.54 Å². The van der Waals surface area contributed by atoms with Crippen molar-refractivity contribution in [2.45, 2.75) is 19.5 Å². The third-order valence-corrected chi connectivity index (χ3v) is 3.87. The molecule has 2 rings (SSSR count). The standard InChI is InChI=1S/C10H12N2S2/c1-8(10-3-2-4-13-10)12-6-9-5-11-7-14-9/h2-5,7-8,12H,6H2,1H3/t8-/m1/s1. The van der Waals surface area contributed by atoms with Gasteiger partial charge in [0.15, 0.2) is 0 Å². The van der Waals surface area contributed by atoms with Gasteiger partial charge in [0.2, 0.25) is 0 Å². The summed E-state index contributed by atoms with van der Waals surface area (Å²) in [6.07, 6.45) is 1.92. The maximum Gasteiger partial charge on any atom is 0.0794 e. The lowest BCUT2D eigenvalue weighted by Crippen LogP contribution is -2.16. The van der Waals surface area contributed by atoms with Crippen LogP contribution in [0.15, 0.2) is 29.2 Å².